The maximum Gasteiger partial charge on any atom is 0.417 e. The van der Waals surface area contributed by atoms with Gasteiger partial charge in [-0.3, -0.25) is 9.48 Å². The maximum atomic E-state index is 14.0. The molecule has 1 heterocycles. The zero-order valence-corrected chi connectivity index (χ0v) is 19.3. The third-order valence-electron chi connectivity index (χ3n) is 6.57. The number of sulfone groups is 1. The van der Waals surface area contributed by atoms with Gasteiger partial charge in [-0.25, -0.2) is 8.42 Å². The van der Waals surface area contributed by atoms with Crippen molar-refractivity contribution < 1.29 is 31.1 Å². The number of hydrogen-bond acceptors (Lipinski definition) is 6. The molecule has 2 aliphatic carbocycles. The van der Waals surface area contributed by atoms with Crippen molar-refractivity contribution in [2.24, 2.45) is 13.0 Å². The highest BCUT2D eigenvalue weighted by molar-refractivity contribution is 7.92. The van der Waals surface area contributed by atoms with Gasteiger partial charge in [0.15, 0.2) is 9.84 Å². The highest BCUT2D eigenvalue weighted by atomic mass is 32.2. The van der Waals surface area contributed by atoms with Crippen molar-refractivity contribution >= 4 is 15.7 Å². The van der Waals surface area contributed by atoms with Crippen molar-refractivity contribution in [3.8, 4) is 17.3 Å². The van der Waals surface area contributed by atoms with Crippen molar-refractivity contribution in [3.05, 3.63) is 36.0 Å². The summed E-state index contributed by atoms with van der Waals surface area (Å²) >= 11 is 0. The number of amides is 1. The second-order valence-electron chi connectivity index (χ2n) is 8.75. The number of alkyl halides is 3. The Kier molecular flexibility index (Phi) is 5.98. The van der Waals surface area contributed by atoms with Crippen LogP contribution in [0.4, 0.5) is 13.2 Å². The summed E-state index contributed by atoms with van der Waals surface area (Å²) in [5, 5.41) is 14.5. The molecule has 2 aliphatic rings. The summed E-state index contributed by atoms with van der Waals surface area (Å²) in [4.78, 5) is 11.9. The quantitative estimate of drug-likeness (QED) is 0.658. The van der Waals surface area contributed by atoms with E-state index in [-0.39, 0.29) is 18.4 Å². The molecule has 1 aromatic carbocycles. The lowest BCUT2D eigenvalue weighted by atomic mass is 10.0. The molecule has 0 bridgehead atoms. The lowest BCUT2D eigenvalue weighted by molar-refractivity contribution is -0.139. The van der Waals surface area contributed by atoms with Crippen molar-refractivity contribution in [3.63, 3.8) is 0 Å². The van der Waals surface area contributed by atoms with Crippen molar-refractivity contribution in [1.82, 2.24) is 15.1 Å². The number of methoxy groups -OCH3 is 1. The zero-order chi connectivity index (χ0) is 24.9. The van der Waals surface area contributed by atoms with Gasteiger partial charge in [0.25, 0.3) is 0 Å². The number of carbonyl (C=O) groups is 1. The fourth-order valence-electron chi connectivity index (χ4n) is 4.46. The topological polar surface area (TPSA) is 114 Å². The molecule has 1 aromatic heterocycles. The maximum absolute atomic E-state index is 14.0. The van der Waals surface area contributed by atoms with Crippen molar-refractivity contribution in [2.75, 3.05) is 7.11 Å². The van der Waals surface area contributed by atoms with Crippen LogP contribution in [0, 0.1) is 17.2 Å². The molecule has 0 spiro atoms. The van der Waals surface area contributed by atoms with Gasteiger partial charge >= 0.3 is 6.18 Å². The van der Waals surface area contributed by atoms with E-state index in [1.165, 1.54) is 30.1 Å². The molecule has 2 aromatic rings. The first kappa shape index (κ1) is 24.2. The van der Waals surface area contributed by atoms with Crippen molar-refractivity contribution in [1.29, 1.82) is 5.26 Å². The van der Waals surface area contributed by atoms with Gasteiger partial charge in [-0.2, -0.15) is 23.5 Å². The first-order chi connectivity index (χ1) is 15.9. The average molecular weight is 497 g/mol. The van der Waals surface area contributed by atoms with Crippen LogP contribution in [-0.4, -0.2) is 48.1 Å². The Bertz CT molecular complexity index is 1260. The number of halogens is 3. The second kappa shape index (κ2) is 8.39. The summed E-state index contributed by atoms with van der Waals surface area (Å²) in [5.74, 6) is -1.41. The van der Waals surface area contributed by atoms with Crippen molar-refractivity contribution in [2.45, 2.75) is 53.6 Å². The number of benzene rings is 1. The molecule has 0 saturated heterocycles. The van der Waals surface area contributed by atoms with Gasteiger partial charge in [-0.05, 0) is 43.9 Å². The van der Waals surface area contributed by atoms with Gasteiger partial charge in [0.2, 0.25) is 5.91 Å². The van der Waals surface area contributed by atoms with Gasteiger partial charge in [0, 0.05) is 25.9 Å². The Labute approximate surface area is 194 Å². The Morgan fingerprint density at radius 3 is 2.53 bits per heavy atom. The van der Waals surface area contributed by atoms with E-state index in [1.807, 2.05) is 6.07 Å². The largest absolute Gasteiger partial charge is 0.417 e. The normalized spacial score (nSPS) is 23.9. The third-order valence-corrected chi connectivity index (χ3v) is 8.81. The van der Waals surface area contributed by atoms with Crippen LogP contribution >= 0.6 is 0 Å². The number of nitriles is 1. The Morgan fingerprint density at radius 2 is 2.00 bits per heavy atom. The van der Waals surface area contributed by atoms with Crippen LogP contribution in [0.15, 0.2) is 35.4 Å². The van der Waals surface area contributed by atoms with Gasteiger partial charge in [-0.15, -0.1) is 0 Å². The van der Waals surface area contributed by atoms with E-state index in [4.69, 9.17) is 4.74 Å². The fourth-order valence-corrected chi connectivity index (χ4v) is 6.46. The number of aromatic nitrogens is 2. The third kappa shape index (κ3) is 4.30. The number of rotatable bonds is 6. The molecule has 2 saturated carbocycles. The molecule has 1 amide bonds. The summed E-state index contributed by atoms with van der Waals surface area (Å²) in [6.45, 7) is 0. The molecular weight excluding hydrogens is 473 g/mol. The molecular formula is C22H23F3N4O4S. The standard InChI is InChI=1S/C22H23F3N4O4S/c1-29-17(5-8-27-29)13-3-4-19(16(9-13)22(23,24)25)34(31,32)14-10-15(18(11-14)33-2)20(30)28-21(12-26)6-7-21/h3-5,8-9,14-15,18H,6-7,10-11H2,1-2H3,(H,28,30)/t14-,15-,18?/m1/s1. The minimum atomic E-state index is -4.92. The SMILES string of the molecule is COC1C[C@H](S(=O)(=O)c2ccc(-c3ccnn3C)cc2C(F)(F)F)C[C@H]1C(=O)NC1(C#N)CC1. The van der Waals surface area contributed by atoms with Gasteiger partial charge < -0.3 is 10.1 Å². The fraction of sp³-hybridized carbons (Fsp3) is 0.500. The summed E-state index contributed by atoms with van der Waals surface area (Å²) in [7, 11) is -1.57. The zero-order valence-electron chi connectivity index (χ0n) is 18.5. The predicted molar refractivity (Wildman–Crippen MR) is 114 cm³/mol. The van der Waals surface area contributed by atoms with E-state index in [0.717, 1.165) is 12.1 Å². The molecule has 0 radical (unpaired) electrons. The minimum Gasteiger partial charge on any atom is -0.381 e. The summed E-state index contributed by atoms with van der Waals surface area (Å²) in [6, 6.07) is 6.64. The molecule has 182 valence electrons. The van der Waals surface area contributed by atoms with E-state index in [1.54, 1.807) is 7.05 Å². The van der Waals surface area contributed by atoms with Gasteiger partial charge in [0.1, 0.15) is 5.54 Å². The predicted octanol–water partition coefficient (Wildman–Crippen LogP) is 2.85. The van der Waals surface area contributed by atoms with E-state index < -0.39 is 55.2 Å². The number of aryl methyl sites for hydroxylation is 1. The minimum absolute atomic E-state index is 0.128. The van der Waals surface area contributed by atoms with Crippen LogP contribution < -0.4 is 5.32 Å². The molecule has 12 heteroatoms. The first-order valence-electron chi connectivity index (χ1n) is 10.6. The Morgan fingerprint density at radius 1 is 1.29 bits per heavy atom. The molecule has 3 atom stereocenters. The lowest BCUT2D eigenvalue weighted by Crippen LogP contribution is -2.42. The molecule has 1 unspecified atom stereocenters. The first-order valence-corrected chi connectivity index (χ1v) is 12.2. The molecule has 4 rings (SSSR count). The van der Waals surface area contributed by atoms with Crippen LogP contribution in [0.1, 0.15) is 31.2 Å². The van der Waals surface area contributed by atoms with E-state index in [9.17, 15) is 31.6 Å². The molecule has 1 N–H and O–H groups in total. The number of carbonyl (C=O) groups excluding carboxylic acids is 1. The van der Waals surface area contributed by atoms with Crippen LogP contribution in [0.2, 0.25) is 0 Å². The van der Waals surface area contributed by atoms with Crippen LogP contribution in [0.5, 0.6) is 0 Å². The van der Waals surface area contributed by atoms with E-state index in [0.29, 0.717) is 18.5 Å². The van der Waals surface area contributed by atoms with Gasteiger partial charge in [0.05, 0.1) is 39.5 Å². The monoisotopic (exact) mass is 496 g/mol. The number of ether oxygens (including phenoxy) is 1. The highest BCUT2D eigenvalue weighted by Crippen LogP contribution is 2.43. The summed E-state index contributed by atoms with van der Waals surface area (Å²) < 4.78 is 75.4. The van der Waals surface area contributed by atoms with E-state index in [2.05, 4.69) is 10.4 Å². The Hall–Kier alpha value is -2.91. The average Bonchev–Trinajstić information content (AvgIpc) is 3.19. The van der Waals surface area contributed by atoms with Gasteiger partial charge in [-0.1, -0.05) is 6.07 Å². The number of nitrogens with zero attached hydrogens (tertiary/aromatic N) is 3. The van der Waals surface area contributed by atoms with E-state index >= 15 is 0 Å². The lowest BCUT2D eigenvalue weighted by Gasteiger charge is -2.19. The summed E-state index contributed by atoms with van der Waals surface area (Å²) in [6.07, 6.45) is -3.61. The Balaban J connectivity index is 1.67. The van der Waals surface area contributed by atoms with Crippen LogP contribution in [0.25, 0.3) is 11.3 Å². The van der Waals surface area contributed by atoms with Crippen LogP contribution in [-0.2, 0) is 32.6 Å². The molecule has 2 fully saturated rings. The highest BCUT2D eigenvalue weighted by Gasteiger charge is 2.51. The van der Waals surface area contributed by atoms with Crippen LogP contribution in [0.3, 0.4) is 0 Å². The summed E-state index contributed by atoms with van der Waals surface area (Å²) in [5.41, 5.74) is -1.64. The smallest absolute Gasteiger partial charge is 0.381 e. The second-order valence-corrected chi connectivity index (χ2v) is 10.9. The number of hydrogen-bond donors (Lipinski definition) is 1. The molecule has 34 heavy (non-hydrogen) atoms. The molecule has 0 aliphatic heterocycles. The number of nitrogens with one attached hydrogen (secondary N) is 1. The molecule has 8 nitrogen and oxygen atoms in total.